The molecule has 0 unspecified atom stereocenters. The molecule has 1 N–H and O–H groups in total. The van der Waals surface area contributed by atoms with Crippen molar-refractivity contribution < 1.29 is 8.42 Å². The van der Waals surface area contributed by atoms with Crippen LogP contribution in [0.15, 0.2) is 47.4 Å². The molecule has 20 heavy (non-hydrogen) atoms. The number of sulfone groups is 1. The molecule has 0 amide bonds. The minimum absolute atomic E-state index is 0.313. The first-order valence-electron chi connectivity index (χ1n) is 6.20. The molecular formula is C15H14N2O2S. The number of hydrogen-bond donors (Lipinski definition) is 1. The average molecular weight is 286 g/mol. The van der Waals surface area contributed by atoms with E-state index < -0.39 is 9.84 Å². The topological polar surface area (TPSA) is 62.8 Å². The monoisotopic (exact) mass is 286 g/mol. The number of hydrogen-bond acceptors (Lipinski definition) is 3. The van der Waals surface area contributed by atoms with Crippen molar-refractivity contribution >= 4 is 20.9 Å². The largest absolute Gasteiger partial charge is 0.338 e. The first-order valence-corrected chi connectivity index (χ1v) is 8.09. The molecule has 3 rings (SSSR count). The van der Waals surface area contributed by atoms with Crippen molar-refractivity contribution in [3.63, 3.8) is 0 Å². The van der Waals surface area contributed by atoms with Crippen LogP contribution in [-0.2, 0) is 9.84 Å². The van der Waals surface area contributed by atoms with E-state index in [0.717, 1.165) is 22.4 Å². The number of aromatic nitrogens is 2. The smallest absolute Gasteiger partial charge is 0.175 e. The molecule has 0 fully saturated rings. The van der Waals surface area contributed by atoms with Gasteiger partial charge in [-0.05, 0) is 48.9 Å². The van der Waals surface area contributed by atoms with E-state index in [2.05, 4.69) is 9.97 Å². The Balaban J connectivity index is 2.07. The van der Waals surface area contributed by atoms with Crippen molar-refractivity contribution in [1.29, 1.82) is 0 Å². The Kier molecular flexibility index (Phi) is 2.87. The minimum atomic E-state index is -3.16. The molecule has 0 radical (unpaired) electrons. The summed E-state index contributed by atoms with van der Waals surface area (Å²) < 4.78 is 22.9. The molecule has 0 saturated carbocycles. The number of H-pyrrole nitrogens is 1. The lowest BCUT2D eigenvalue weighted by atomic mass is 10.2. The molecule has 1 aromatic heterocycles. The number of aromatic amines is 1. The fourth-order valence-electron chi connectivity index (χ4n) is 2.12. The van der Waals surface area contributed by atoms with Gasteiger partial charge >= 0.3 is 0 Å². The summed E-state index contributed by atoms with van der Waals surface area (Å²) in [5.41, 5.74) is 3.91. The molecule has 3 aromatic rings. The number of imidazole rings is 1. The van der Waals surface area contributed by atoms with Gasteiger partial charge in [0.25, 0.3) is 0 Å². The molecule has 102 valence electrons. The first kappa shape index (κ1) is 12.9. The standard InChI is InChI=1S/C15H14N2O2S/c1-10-3-8-13-14(9-10)17-15(16-13)11-4-6-12(7-5-11)20(2,18)19/h3-9H,1-2H3,(H,16,17). The van der Waals surface area contributed by atoms with Crippen molar-refractivity contribution in [2.24, 2.45) is 0 Å². The van der Waals surface area contributed by atoms with E-state index in [4.69, 9.17) is 0 Å². The van der Waals surface area contributed by atoms with E-state index in [-0.39, 0.29) is 0 Å². The van der Waals surface area contributed by atoms with Crippen LogP contribution in [0.25, 0.3) is 22.4 Å². The molecule has 0 bridgehead atoms. The van der Waals surface area contributed by atoms with Crippen LogP contribution in [0.2, 0.25) is 0 Å². The Morgan fingerprint density at radius 1 is 1.05 bits per heavy atom. The SMILES string of the molecule is Cc1ccc2nc(-c3ccc(S(C)(=O)=O)cc3)[nH]c2c1. The van der Waals surface area contributed by atoms with Crippen LogP contribution in [0.3, 0.4) is 0 Å². The van der Waals surface area contributed by atoms with E-state index in [1.54, 1.807) is 24.3 Å². The number of nitrogens with zero attached hydrogens (tertiary/aromatic N) is 1. The maximum atomic E-state index is 11.4. The Labute approximate surface area is 117 Å². The molecule has 5 heteroatoms. The lowest BCUT2D eigenvalue weighted by molar-refractivity contribution is 0.602. The normalized spacial score (nSPS) is 11.9. The van der Waals surface area contributed by atoms with Gasteiger partial charge in [-0.15, -0.1) is 0 Å². The Morgan fingerprint density at radius 2 is 1.75 bits per heavy atom. The summed E-state index contributed by atoms with van der Waals surface area (Å²) in [6, 6.07) is 12.8. The second-order valence-corrected chi connectivity index (χ2v) is 6.92. The van der Waals surface area contributed by atoms with Gasteiger partial charge in [0.15, 0.2) is 9.84 Å². The predicted molar refractivity (Wildman–Crippen MR) is 79.4 cm³/mol. The van der Waals surface area contributed by atoms with E-state index in [0.29, 0.717) is 4.90 Å². The van der Waals surface area contributed by atoms with Gasteiger partial charge in [-0.2, -0.15) is 0 Å². The lowest BCUT2D eigenvalue weighted by Gasteiger charge is -1.99. The summed E-state index contributed by atoms with van der Waals surface area (Å²) in [4.78, 5) is 8.07. The second kappa shape index (κ2) is 4.45. The predicted octanol–water partition coefficient (Wildman–Crippen LogP) is 2.94. The molecule has 0 aliphatic rings. The zero-order valence-corrected chi connectivity index (χ0v) is 12.0. The van der Waals surface area contributed by atoms with Gasteiger partial charge in [0.05, 0.1) is 15.9 Å². The molecule has 2 aromatic carbocycles. The highest BCUT2D eigenvalue weighted by atomic mass is 32.2. The van der Waals surface area contributed by atoms with Crippen molar-refractivity contribution in [3.05, 3.63) is 48.0 Å². The van der Waals surface area contributed by atoms with Crippen LogP contribution >= 0.6 is 0 Å². The molecule has 4 nitrogen and oxygen atoms in total. The van der Waals surface area contributed by atoms with E-state index in [1.165, 1.54) is 11.8 Å². The van der Waals surface area contributed by atoms with Gasteiger partial charge in [-0.25, -0.2) is 13.4 Å². The highest BCUT2D eigenvalue weighted by Crippen LogP contribution is 2.22. The van der Waals surface area contributed by atoms with E-state index in [1.807, 2.05) is 25.1 Å². The van der Waals surface area contributed by atoms with Gasteiger partial charge in [-0.1, -0.05) is 6.07 Å². The third kappa shape index (κ3) is 2.32. The maximum absolute atomic E-state index is 11.4. The van der Waals surface area contributed by atoms with Gasteiger partial charge in [0.2, 0.25) is 0 Å². The highest BCUT2D eigenvalue weighted by Gasteiger charge is 2.09. The van der Waals surface area contributed by atoms with Crippen LogP contribution in [0.5, 0.6) is 0 Å². The van der Waals surface area contributed by atoms with Crippen LogP contribution < -0.4 is 0 Å². The van der Waals surface area contributed by atoms with Crippen molar-refractivity contribution in [2.45, 2.75) is 11.8 Å². The molecule has 0 aliphatic carbocycles. The fraction of sp³-hybridized carbons (Fsp3) is 0.133. The highest BCUT2D eigenvalue weighted by molar-refractivity contribution is 7.90. The number of fused-ring (bicyclic) bond motifs is 1. The van der Waals surface area contributed by atoms with Crippen molar-refractivity contribution in [3.8, 4) is 11.4 Å². The van der Waals surface area contributed by atoms with Crippen molar-refractivity contribution in [1.82, 2.24) is 9.97 Å². The zero-order chi connectivity index (χ0) is 14.3. The molecular weight excluding hydrogens is 272 g/mol. The summed E-state index contributed by atoms with van der Waals surface area (Å²) in [6.07, 6.45) is 1.20. The summed E-state index contributed by atoms with van der Waals surface area (Å²) in [5, 5.41) is 0. The van der Waals surface area contributed by atoms with Crippen LogP contribution in [0.1, 0.15) is 5.56 Å². The Hall–Kier alpha value is -2.14. The molecule has 1 heterocycles. The van der Waals surface area contributed by atoms with Crippen LogP contribution in [0, 0.1) is 6.92 Å². The number of aryl methyl sites for hydroxylation is 1. The number of benzene rings is 2. The second-order valence-electron chi connectivity index (χ2n) is 4.90. The summed E-state index contributed by atoms with van der Waals surface area (Å²) in [7, 11) is -3.16. The van der Waals surface area contributed by atoms with E-state index in [9.17, 15) is 8.42 Å². The molecule has 0 atom stereocenters. The molecule has 0 aliphatic heterocycles. The van der Waals surface area contributed by atoms with Gasteiger partial charge in [0, 0.05) is 11.8 Å². The first-order chi connectivity index (χ1) is 9.43. The van der Waals surface area contributed by atoms with Gasteiger partial charge in [0.1, 0.15) is 5.82 Å². The minimum Gasteiger partial charge on any atom is -0.338 e. The third-order valence-electron chi connectivity index (χ3n) is 3.19. The van der Waals surface area contributed by atoms with Crippen LogP contribution in [-0.4, -0.2) is 24.6 Å². The van der Waals surface area contributed by atoms with Gasteiger partial charge in [-0.3, -0.25) is 0 Å². The summed E-state index contributed by atoms with van der Waals surface area (Å²) in [5.74, 6) is 0.741. The summed E-state index contributed by atoms with van der Waals surface area (Å²) in [6.45, 7) is 2.03. The zero-order valence-electron chi connectivity index (χ0n) is 11.2. The Morgan fingerprint density at radius 3 is 2.40 bits per heavy atom. The summed E-state index contributed by atoms with van der Waals surface area (Å²) >= 11 is 0. The Bertz CT molecular complexity index is 878. The third-order valence-corrected chi connectivity index (χ3v) is 4.32. The van der Waals surface area contributed by atoms with Gasteiger partial charge < -0.3 is 4.98 Å². The maximum Gasteiger partial charge on any atom is 0.175 e. The quantitative estimate of drug-likeness (QED) is 0.787. The molecule has 0 spiro atoms. The average Bonchev–Trinajstić information content (AvgIpc) is 2.80. The fourth-order valence-corrected chi connectivity index (χ4v) is 2.75. The number of rotatable bonds is 2. The van der Waals surface area contributed by atoms with Crippen molar-refractivity contribution in [2.75, 3.05) is 6.26 Å². The molecule has 0 saturated heterocycles. The van der Waals surface area contributed by atoms with E-state index >= 15 is 0 Å². The van der Waals surface area contributed by atoms with Crippen LogP contribution in [0.4, 0.5) is 0 Å². The lowest BCUT2D eigenvalue weighted by Crippen LogP contribution is -1.96. The number of nitrogens with one attached hydrogen (secondary N) is 1.